The van der Waals surface area contributed by atoms with Crippen molar-refractivity contribution in [2.75, 3.05) is 6.54 Å². The molecule has 0 aliphatic carbocycles. The molecular formula is C33H35ClN4O4S. The Kier molecular flexibility index (Phi) is 11.4. The second-order valence-corrected chi connectivity index (χ2v) is 12.3. The number of nitrogens with one attached hydrogen (secondary N) is 2. The van der Waals surface area contributed by atoms with Crippen molar-refractivity contribution in [3.8, 4) is 0 Å². The lowest BCUT2D eigenvalue weighted by Gasteiger charge is -2.32. The number of aryl methyl sites for hydroxylation is 1. The first-order valence-electron chi connectivity index (χ1n) is 14.1. The van der Waals surface area contributed by atoms with Crippen LogP contribution in [-0.2, 0) is 45.5 Å². The standard InChI is InChI=1S/C33H35ClN4O4S/c1-2-37-43(41,42)30-15-10-25(11-16-30)12-17-32(39)38(24-28-8-13-29(34)14-9-28)31(22-26-6-4-3-5-7-26)33(40)36-23-27-18-20-35-21-19-27/h3-11,13-16,18-21,31,37H,2,12,17,22-24H2,1H3,(H,36,40)/t31-/m0/s1. The Hall–Kier alpha value is -4.05. The number of halogens is 1. The molecular weight excluding hydrogens is 584 g/mol. The van der Waals surface area contributed by atoms with E-state index in [1.807, 2.05) is 54.6 Å². The van der Waals surface area contributed by atoms with Gasteiger partial charge in [-0.25, -0.2) is 13.1 Å². The zero-order chi connectivity index (χ0) is 30.7. The Morgan fingerprint density at radius 1 is 0.837 bits per heavy atom. The number of hydrogen-bond donors (Lipinski definition) is 2. The van der Waals surface area contributed by atoms with E-state index in [2.05, 4.69) is 15.0 Å². The van der Waals surface area contributed by atoms with Gasteiger partial charge in [0.2, 0.25) is 21.8 Å². The summed E-state index contributed by atoms with van der Waals surface area (Å²) in [6.45, 7) is 2.54. The second kappa shape index (κ2) is 15.4. The molecule has 43 heavy (non-hydrogen) atoms. The van der Waals surface area contributed by atoms with Crippen LogP contribution in [0.15, 0.2) is 108 Å². The summed E-state index contributed by atoms with van der Waals surface area (Å²) in [5.41, 5.74) is 3.49. The Morgan fingerprint density at radius 2 is 1.49 bits per heavy atom. The molecule has 3 aromatic carbocycles. The first-order valence-corrected chi connectivity index (χ1v) is 15.9. The third kappa shape index (κ3) is 9.47. The van der Waals surface area contributed by atoms with E-state index in [1.165, 1.54) is 12.1 Å². The number of hydrogen-bond acceptors (Lipinski definition) is 5. The molecule has 10 heteroatoms. The zero-order valence-electron chi connectivity index (χ0n) is 23.9. The maximum Gasteiger partial charge on any atom is 0.243 e. The summed E-state index contributed by atoms with van der Waals surface area (Å²) in [5, 5.41) is 3.59. The van der Waals surface area contributed by atoms with E-state index >= 15 is 0 Å². The predicted molar refractivity (Wildman–Crippen MR) is 168 cm³/mol. The molecule has 0 fully saturated rings. The van der Waals surface area contributed by atoms with Crippen LogP contribution in [-0.4, -0.2) is 42.7 Å². The summed E-state index contributed by atoms with van der Waals surface area (Å²) in [6, 6.07) is 26.2. The summed E-state index contributed by atoms with van der Waals surface area (Å²) in [5.74, 6) is -0.458. The van der Waals surface area contributed by atoms with Crippen molar-refractivity contribution >= 4 is 33.4 Å². The quantitative estimate of drug-likeness (QED) is 0.209. The van der Waals surface area contributed by atoms with E-state index in [1.54, 1.807) is 48.5 Å². The van der Waals surface area contributed by atoms with Crippen LogP contribution in [0.2, 0.25) is 5.02 Å². The number of pyridine rings is 1. The average Bonchev–Trinajstić information content (AvgIpc) is 3.02. The summed E-state index contributed by atoms with van der Waals surface area (Å²) in [7, 11) is -3.57. The van der Waals surface area contributed by atoms with Gasteiger partial charge in [-0.05, 0) is 65.1 Å². The fraction of sp³-hybridized carbons (Fsp3) is 0.242. The molecule has 4 aromatic rings. The molecule has 2 amide bonds. The molecule has 0 aliphatic heterocycles. The maximum absolute atomic E-state index is 13.9. The lowest BCUT2D eigenvalue weighted by molar-refractivity contribution is -0.141. The highest BCUT2D eigenvalue weighted by Gasteiger charge is 2.30. The van der Waals surface area contributed by atoms with Gasteiger partial charge >= 0.3 is 0 Å². The van der Waals surface area contributed by atoms with Gasteiger partial charge in [0.1, 0.15) is 6.04 Å². The van der Waals surface area contributed by atoms with Crippen LogP contribution in [0.5, 0.6) is 0 Å². The topological polar surface area (TPSA) is 108 Å². The molecule has 0 radical (unpaired) electrons. The van der Waals surface area contributed by atoms with Gasteiger partial charge in [0, 0.05) is 49.9 Å². The van der Waals surface area contributed by atoms with Gasteiger partial charge < -0.3 is 10.2 Å². The molecule has 224 valence electrons. The van der Waals surface area contributed by atoms with Gasteiger partial charge in [-0.2, -0.15) is 0 Å². The largest absolute Gasteiger partial charge is 0.350 e. The van der Waals surface area contributed by atoms with E-state index in [-0.39, 0.29) is 29.7 Å². The van der Waals surface area contributed by atoms with Crippen LogP contribution in [0.4, 0.5) is 0 Å². The molecule has 0 saturated carbocycles. The highest BCUT2D eigenvalue weighted by molar-refractivity contribution is 7.89. The second-order valence-electron chi connectivity index (χ2n) is 10.1. The molecule has 0 unspecified atom stereocenters. The number of nitrogens with zero attached hydrogens (tertiary/aromatic N) is 2. The third-order valence-electron chi connectivity index (χ3n) is 6.95. The van der Waals surface area contributed by atoms with Crippen LogP contribution >= 0.6 is 11.6 Å². The van der Waals surface area contributed by atoms with Crippen molar-refractivity contribution in [1.29, 1.82) is 0 Å². The number of benzene rings is 3. The number of carbonyl (C=O) groups excluding carboxylic acids is 2. The lowest BCUT2D eigenvalue weighted by Crippen LogP contribution is -2.50. The highest BCUT2D eigenvalue weighted by Crippen LogP contribution is 2.19. The van der Waals surface area contributed by atoms with E-state index in [0.717, 1.165) is 22.3 Å². The molecule has 0 saturated heterocycles. The predicted octanol–water partition coefficient (Wildman–Crippen LogP) is 4.92. The van der Waals surface area contributed by atoms with Crippen LogP contribution in [0.3, 0.4) is 0 Å². The summed E-state index contributed by atoms with van der Waals surface area (Å²) in [6.07, 6.45) is 4.19. The van der Waals surface area contributed by atoms with Crippen LogP contribution < -0.4 is 10.0 Å². The van der Waals surface area contributed by atoms with Gasteiger partial charge in [0.05, 0.1) is 4.90 Å². The van der Waals surface area contributed by atoms with E-state index in [0.29, 0.717) is 31.0 Å². The first-order chi connectivity index (χ1) is 20.7. The number of aromatic nitrogens is 1. The van der Waals surface area contributed by atoms with Crippen molar-refractivity contribution in [3.63, 3.8) is 0 Å². The Labute approximate surface area is 258 Å². The minimum atomic E-state index is -3.57. The Morgan fingerprint density at radius 3 is 2.14 bits per heavy atom. The van der Waals surface area contributed by atoms with E-state index < -0.39 is 16.1 Å². The van der Waals surface area contributed by atoms with Crippen molar-refractivity contribution < 1.29 is 18.0 Å². The van der Waals surface area contributed by atoms with Crippen LogP contribution in [0.25, 0.3) is 0 Å². The smallest absolute Gasteiger partial charge is 0.243 e. The first kappa shape index (κ1) is 31.9. The molecule has 2 N–H and O–H groups in total. The lowest BCUT2D eigenvalue weighted by atomic mass is 10.0. The van der Waals surface area contributed by atoms with Crippen molar-refractivity contribution in [3.05, 3.63) is 131 Å². The minimum Gasteiger partial charge on any atom is -0.350 e. The minimum absolute atomic E-state index is 0.135. The van der Waals surface area contributed by atoms with Gasteiger partial charge in [0.25, 0.3) is 0 Å². The third-order valence-corrected chi connectivity index (χ3v) is 8.76. The normalized spacial score (nSPS) is 12.0. The number of rotatable bonds is 14. The van der Waals surface area contributed by atoms with Gasteiger partial charge in [0.15, 0.2) is 0 Å². The van der Waals surface area contributed by atoms with Crippen molar-refractivity contribution in [2.45, 2.75) is 50.2 Å². The molecule has 0 spiro atoms. The number of sulfonamides is 1. The SMILES string of the molecule is CCNS(=O)(=O)c1ccc(CCC(=O)N(Cc2ccc(Cl)cc2)[C@@H](Cc2ccccc2)C(=O)NCc2ccncc2)cc1. The molecule has 4 rings (SSSR count). The maximum atomic E-state index is 13.9. The molecule has 8 nitrogen and oxygen atoms in total. The fourth-order valence-corrected chi connectivity index (χ4v) is 5.82. The molecule has 1 heterocycles. The van der Waals surface area contributed by atoms with Crippen molar-refractivity contribution in [1.82, 2.24) is 19.9 Å². The zero-order valence-corrected chi connectivity index (χ0v) is 25.5. The van der Waals surface area contributed by atoms with Crippen LogP contribution in [0.1, 0.15) is 35.6 Å². The van der Waals surface area contributed by atoms with E-state index in [4.69, 9.17) is 11.6 Å². The molecule has 0 bridgehead atoms. The van der Waals surface area contributed by atoms with Crippen LogP contribution in [0, 0.1) is 0 Å². The van der Waals surface area contributed by atoms with E-state index in [9.17, 15) is 18.0 Å². The molecule has 1 atom stereocenters. The summed E-state index contributed by atoms with van der Waals surface area (Å²) < 4.78 is 27.1. The number of carbonyl (C=O) groups is 2. The van der Waals surface area contributed by atoms with Gasteiger partial charge in [-0.15, -0.1) is 0 Å². The number of amides is 2. The Balaban J connectivity index is 1.58. The van der Waals surface area contributed by atoms with Gasteiger partial charge in [-0.1, -0.05) is 73.1 Å². The van der Waals surface area contributed by atoms with Crippen molar-refractivity contribution in [2.24, 2.45) is 0 Å². The summed E-state index contributed by atoms with van der Waals surface area (Å²) >= 11 is 6.11. The average molecular weight is 619 g/mol. The molecule has 1 aromatic heterocycles. The Bertz CT molecular complexity index is 1580. The fourth-order valence-electron chi connectivity index (χ4n) is 4.65. The highest BCUT2D eigenvalue weighted by atomic mass is 35.5. The summed E-state index contributed by atoms with van der Waals surface area (Å²) in [4.78, 5) is 33.5. The van der Waals surface area contributed by atoms with Gasteiger partial charge in [-0.3, -0.25) is 14.6 Å². The monoisotopic (exact) mass is 618 g/mol. The molecule has 0 aliphatic rings.